The number of fused-ring (bicyclic) bond motifs is 1. The summed E-state index contributed by atoms with van der Waals surface area (Å²) in [6.45, 7) is 4.15. The summed E-state index contributed by atoms with van der Waals surface area (Å²) in [5.41, 5.74) is 2.44. The lowest BCUT2D eigenvalue weighted by molar-refractivity contribution is -0.144. The van der Waals surface area contributed by atoms with Crippen LogP contribution in [0.4, 0.5) is 0 Å². The third-order valence-corrected chi connectivity index (χ3v) is 6.22. The fraction of sp³-hybridized carbons (Fsp3) is 0.308. The zero-order valence-electron chi connectivity index (χ0n) is 16.6. The zero-order chi connectivity index (χ0) is 19.8. The minimum atomic E-state index is -0.853. The van der Waals surface area contributed by atoms with Gasteiger partial charge in [0.15, 0.2) is 0 Å². The molecule has 5 rings (SSSR count). The van der Waals surface area contributed by atoms with Crippen molar-refractivity contribution in [2.45, 2.75) is 39.5 Å². The van der Waals surface area contributed by atoms with Gasteiger partial charge in [0.1, 0.15) is 0 Å². The van der Waals surface area contributed by atoms with Crippen LogP contribution < -0.4 is 0 Å². The molecule has 3 aliphatic carbocycles. The van der Waals surface area contributed by atoms with Crippen LogP contribution in [0.5, 0.6) is 0 Å². The first-order chi connectivity index (χ1) is 13.6. The van der Waals surface area contributed by atoms with Crippen molar-refractivity contribution in [3.63, 3.8) is 0 Å². The van der Waals surface area contributed by atoms with E-state index in [2.05, 4.69) is 38.1 Å². The van der Waals surface area contributed by atoms with Crippen LogP contribution in [0.2, 0.25) is 0 Å². The van der Waals surface area contributed by atoms with Crippen LogP contribution >= 0.6 is 0 Å². The first kappa shape index (κ1) is 18.6. The number of carbonyl (C=O) groups excluding carboxylic acids is 2. The maximum atomic E-state index is 13.5. The number of allylic oxidation sites excluding steroid dienone is 4. The Morgan fingerprint density at radius 2 is 0.964 bits per heavy atom. The molecule has 0 fully saturated rings. The van der Waals surface area contributed by atoms with E-state index in [0.717, 1.165) is 35.1 Å². The molecule has 0 radical (unpaired) electrons. The third-order valence-electron chi connectivity index (χ3n) is 6.22. The van der Waals surface area contributed by atoms with Crippen molar-refractivity contribution in [2.75, 3.05) is 0 Å². The van der Waals surface area contributed by atoms with E-state index in [1.165, 1.54) is 0 Å². The highest BCUT2D eigenvalue weighted by molar-refractivity contribution is 6.50. The van der Waals surface area contributed by atoms with Gasteiger partial charge in [-0.3, -0.25) is 9.59 Å². The van der Waals surface area contributed by atoms with Gasteiger partial charge in [0.25, 0.3) is 0 Å². The minimum absolute atomic E-state index is 0.233. The van der Waals surface area contributed by atoms with Gasteiger partial charge in [-0.25, -0.2) is 0 Å². The van der Waals surface area contributed by atoms with Crippen LogP contribution in [0.1, 0.15) is 50.7 Å². The summed E-state index contributed by atoms with van der Waals surface area (Å²) in [7, 11) is 0. The molecule has 142 valence electrons. The summed E-state index contributed by atoms with van der Waals surface area (Å²) >= 11 is 0. The summed E-state index contributed by atoms with van der Waals surface area (Å²) in [5.74, 6) is -0.465. The number of benzene rings is 2. The molecule has 3 aliphatic rings. The Morgan fingerprint density at radius 3 is 1.29 bits per heavy atom. The quantitative estimate of drug-likeness (QED) is 0.469. The average molecular weight is 370 g/mol. The number of hydrogen-bond donors (Lipinski definition) is 0. The van der Waals surface area contributed by atoms with E-state index in [1.807, 2.05) is 48.6 Å². The van der Waals surface area contributed by atoms with Gasteiger partial charge in [0, 0.05) is 0 Å². The Labute approximate surface area is 167 Å². The fourth-order valence-electron chi connectivity index (χ4n) is 5.13. The van der Waals surface area contributed by atoms with E-state index in [9.17, 15) is 9.59 Å². The van der Waals surface area contributed by atoms with Crippen LogP contribution in [-0.2, 0) is 9.59 Å². The Hall–Kier alpha value is -2.74. The molecule has 0 aliphatic heterocycles. The summed E-state index contributed by atoms with van der Waals surface area (Å²) in [5, 5.41) is 0. The van der Waals surface area contributed by atoms with E-state index in [-0.39, 0.29) is 11.6 Å². The summed E-state index contributed by atoms with van der Waals surface area (Å²) in [6.07, 6.45) is 7.06. The normalized spacial score (nSPS) is 26.2. The molecule has 2 bridgehead atoms. The van der Waals surface area contributed by atoms with E-state index < -0.39 is 10.8 Å². The highest BCUT2D eigenvalue weighted by Gasteiger charge is 2.60. The predicted octanol–water partition coefficient (Wildman–Crippen LogP) is 5.89. The summed E-state index contributed by atoms with van der Waals surface area (Å²) in [4.78, 5) is 27.0. The second-order valence-electron chi connectivity index (χ2n) is 7.92. The Kier molecular flexibility index (Phi) is 4.66. The van der Waals surface area contributed by atoms with E-state index in [0.29, 0.717) is 12.8 Å². The molecule has 2 aromatic rings. The molecular formula is C26H26O2. The van der Waals surface area contributed by atoms with Gasteiger partial charge in [0.2, 0.25) is 11.6 Å². The fourth-order valence-corrected chi connectivity index (χ4v) is 5.13. The number of ketones is 2. The van der Waals surface area contributed by atoms with E-state index in [4.69, 9.17) is 0 Å². The second kappa shape index (κ2) is 7.01. The maximum Gasteiger partial charge on any atom is 0.213 e. The van der Waals surface area contributed by atoms with Gasteiger partial charge < -0.3 is 0 Å². The van der Waals surface area contributed by atoms with Crippen molar-refractivity contribution in [1.82, 2.24) is 0 Å². The SMILES string of the molecule is CCCC12C=CC(CCC)(C(=O)C1=O)C(c1ccccc1)=C2c1ccccc1. The molecule has 2 heteroatoms. The molecule has 0 amide bonds. The number of rotatable bonds is 6. The van der Waals surface area contributed by atoms with Crippen LogP contribution in [0.15, 0.2) is 72.8 Å². The van der Waals surface area contributed by atoms with Crippen LogP contribution in [0.3, 0.4) is 0 Å². The van der Waals surface area contributed by atoms with Crippen molar-refractivity contribution >= 4 is 22.7 Å². The van der Waals surface area contributed by atoms with Crippen molar-refractivity contribution in [2.24, 2.45) is 10.8 Å². The molecule has 2 nitrogen and oxygen atoms in total. The predicted molar refractivity (Wildman–Crippen MR) is 114 cm³/mol. The topological polar surface area (TPSA) is 34.1 Å². The van der Waals surface area contributed by atoms with E-state index in [1.54, 1.807) is 0 Å². The molecule has 0 saturated carbocycles. The molecule has 0 spiro atoms. The van der Waals surface area contributed by atoms with Crippen molar-refractivity contribution in [3.05, 3.63) is 83.9 Å². The molecule has 2 atom stereocenters. The third kappa shape index (κ3) is 2.47. The van der Waals surface area contributed by atoms with Gasteiger partial charge in [-0.15, -0.1) is 0 Å². The van der Waals surface area contributed by atoms with Gasteiger partial charge in [-0.2, -0.15) is 0 Å². The van der Waals surface area contributed by atoms with Crippen LogP contribution in [0.25, 0.3) is 11.1 Å². The standard InChI is InChI=1S/C26H26O2/c1-3-15-25-17-18-26(16-4-2,24(28)23(25)27)22(20-13-9-6-10-14-20)21(25)19-11-7-5-8-12-19/h5-14,17-18H,3-4,15-16H2,1-2H3. The highest BCUT2D eigenvalue weighted by atomic mass is 16.2. The summed E-state index contributed by atoms with van der Waals surface area (Å²) in [6, 6.07) is 20.3. The molecule has 28 heavy (non-hydrogen) atoms. The molecular weight excluding hydrogens is 344 g/mol. The monoisotopic (exact) mass is 370 g/mol. The largest absolute Gasteiger partial charge is 0.289 e. The van der Waals surface area contributed by atoms with Crippen molar-refractivity contribution in [1.29, 1.82) is 0 Å². The molecule has 0 heterocycles. The average Bonchev–Trinajstić information content (AvgIpc) is 2.74. The van der Waals surface area contributed by atoms with Crippen LogP contribution in [-0.4, -0.2) is 11.6 Å². The zero-order valence-corrected chi connectivity index (χ0v) is 16.6. The maximum absolute atomic E-state index is 13.5. The van der Waals surface area contributed by atoms with Gasteiger partial charge in [0.05, 0.1) is 10.8 Å². The lowest BCUT2D eigenvalue weighted by Gasteiger charge is -2.49. The lowest BCUT2D eigenvalue weighted by atomic mass is 9.50. The molecule has 0 aromatic heterocycles. The molecule has 0 N–H and O–H groups in total. The number of hydrogen-bond acceptors (Lipinski definition) is 2. The summed E-state index contributed by atoms with van der Waals surface area (Å²) < 4.78 is 0. The molecule has 0 saturated heterocycles. The number of Topliss-reactive ketones (excluding diaryl/α,β-unsaturated/α-hetero) is 2. The molecule has 2 aromatic carbocycles. The van der Waals surface area contributed by atoms with Gasteiger partial charge in [-0.05, 0) is 35.1 Å². The minimum Gasteiger partial charge on any atom is -0.289 e. The molecule has 2 unspecified atom stereocenters. The highest BCUT2D eigenvalue weighted by Crippen LogP contribution is 2.61. The first-order valence-corrected chi connectivity index (χ1v) is 10.3. The Balaban J connectivity index is 2.14. The van der Waals surface area contributed by atoms with Crippen LogP contribution in [0, 0.1) is 10.8 Å². The number of carbonyl (C=O) groups is 2. The Bertz CT molecular complexity index is 889. The lowest BCUT2D eigenvalue weighted by Crippen LogP contribution is -2.53. The van der Waals surface area contributed by atoms with E-state index >= 15 is 0 Å². The van der Waals surface area contributed by atoms with Gasteiger partial charge in [-0.1, -0.05) is 99.5 Å². The van der Waals surface area contributed by atoms with Crippen molar-refractivity contribution in [3.8, 4) is 0 Å². The Morgan fingerprint density at radius 1 is 0.607 bits per heavy atom. The smallest absolute Gasteiger partial charge is 0.213 e. The van der Waals surface area contributed by atoms with Crippen molar-refractivity contribution < 1.29 is 9.59 Å². The second-order valence-corrected chi connectivity index (χ2v) is 7.92. The van der Waals surface area contributed by atoms with Gasteiger partial charge >= 0.3 is 0 Å². The first-order valence-electron chi connectivity index (χ1n) is 10.3.